The molecular formula is C25H18O3S2. The summed E-state index contributed by atoms with van der Waals surface area (Å²) >= 11 is 3.24. The first kappa shape index (κ1) is 19.1. The quantitative estimate of drug-likeness (QED) is 0.260. The van der Waals surface area contributed by atoms with Gasteiger partial charge in [0.1, 0.15) is 11.3 Å². The number of benzene rings is 3. The highest BCUT2D eigenvalue weighted by Gasteiger charge is 2.38. The Morgan fingerprint density at radius 2 is 1.47 bits per heavy atom. The Morgan fingerprint density at radius 3 is 2.23 bits per heavy atom. The molecule has 30 heavy (non-hydrogen) atoms. The Balaban J connectivity index is 1.53. The van der Waals surface area contributed by atoms with Crippen LogP contribution in [-0.2, 0) is 0 Å². The van der Waals surface area contributed by atoms with E-state index in [1.807, 2.05) is 60.0 Å². The van der Waals surface area contributed by atoms with Crippen molar-refractivity contribution in [1.29, 1.82) is 0 Å². The Morgan fingerprint density at radius 1 is 0.800 bits per heavy atom. The molecule has 2 atom stereocenters. The molecule has 0 aliphatic carbocycles. The van der Waals surface area contributed by atoms with Crippen molar-refractivity contribution in [1.82, 2.24) is 0 Å². The van der Waals surface area contributed by atoms with Gasteiger partial charge in [-0.15, -0.1) is 0 Å². The zero-order chi connectivity index (χ0) is 20.3. The summed E-state index contributed by atoms with van der Waals surface area (Å²) in [6.45, 7) is 0. The van der Waals surface area contributed by atoms with Crippen LogP contribution in [0.15, 0.2) is 115 Å². The predicted molar refractivity (Wildman–Crippen MR) is 123 cm³/mol. The van der Waals surface area contributed by atoms with Crippen LogP contribution in [0.2, 0.25) is 0 Å². The van der Waals surface area contributed by atoms with Gasteiger partial charge in [0.25, 0.3) is 0 Å². The minimum atomic E-state index is -0.334. The molecule has 0 saturated carbocycles. The molecule has 148 valence electrons. The van der Waals surface area contributed by atoms with E-state index < -0.39 is 0 Å². The summed E-state index contributed by atoms with van der Waals surface area (Å²) in [5.41, 5.74) is 0.558. The molecule has 2 heterocycles. The van der Waals surface area contributed by atoms with E-state index in [0.717, 1.165) is 15.2 Å². The van der Waals surface area contributed by atoms with Crippen molar-refractivity contribution in [2.75, 3.05) is 0 Å². The van der Waals surface area contributed by atoms with Crippen LogP contribution in [0.4, 0.5) is 0 Å². The molecule has 1 aromatic heterocycles. The molecule has 0 saturated heterocycles. The molecule has 1 aliphatic rings. The van der Waals surface area contributed by atoms with E-state index in [2.05, 4.69) is 30.3 Å². The lowest BCUT2D eigenvalue weighted by molar-refractivity contribution is 0.313. The Labute approximate surface area is 182 Å². The molecule has 0 radical (unpaired) electrons. The van der Waals surface area contributed by atoms with E-state index in [0.29, 0.717) is 16.9 Å². The third-order valence-corrected chi connectivity index (χ3v) is 6.89. The van der Waals surface area contributed by atoms with Crippen molar-refractivity contribution in [2.45, 2.75) is 21.1 Å². The van der Waals surface area contributed by atoms with Gasteiger partial charge in [0.15, 0.2) is 5.44 Å². The standard InChI is InChI=1S/C25H18O3S2/c26-24-22-20(15-16-29-17-9-3-1-4-10-17)25(30-18-11-5-2-6-12-18)28-23(22)19-13-7-8-14-21(19)27-24/h1-16,20,25H/b16-15-. The van der Waals surface area contributed by atoms with Crippen LogP contribution in [0.3, 0.4) is 0 Å². The third kappa shape index (κ3) is 3.78. The first-order valence-electron chi connectivity index (χ1n) is 9.62. The maximum atomic E-state index is 12.9. The second-order valence-electron chi connectivity index (χ2n) is 6.83. The number of rotatable bonds is 5. The summed E-state index contributed by atoms with van der Waals surface area (Å²) in [5.74, 6) is 0.428. The molecule has 0 amide bonds. The van der Waals surface area contributed by atoms with Crippen molar-refractivity contribution in [3.8, 4) is 5.75 Å². The average Bonchev–Trinajstić information content (AvgIpc) is 3.14. The van der Waals surface area contributed by atoms with Gasteiger partial charge in [0.05, 0.1) is 16.9 Å². The van der Waals surface area contributed by atoms with Gasteiger partial charge in [-0.25, -0.2) is 4.79 Å². The van der Waals surface area contributed by atoms with Gasteiger partial charge >= 0.3 is 5.63 Å². The molecule has 0 bridgehead atoms. The average molecular weight is 431 g/mol. The maximum Gasteiger partial charge on any atom is 0.344 e. The SMILES string of the molecule is O=c1oc2ccccc2c2c1C(/C=C\Sc1ccccc1)C(Sc1ccccc1)O2. The first-order valence-corrected chi connectivity index (χ1v) is 11.4. The van der Waals surface area contributed by atoms with Crippen molar-refractivity contribution in [2.24, 2.45) is 0 Å². The van der Waals surface area contributed by atoms with Crippen molar-refractivity contribution >= 4 is 34.5 Å². The van der Waals surface area contributed by atoms with Crippen LogP contribution in [0.1, 0.15) is 11.5 Å². The monoisotopic (exact) mass is 430 g/mol. The normalized spacial score (nSPS) is 17.9. The van der Waals surface area contributed by atoms with E-state index in [1.165, 1.54) is 0 Å². The molecule has 3 nitrogen and oxygen atoms in total. The summed E-state index contributed by atoms with van der Waals surface area (Å²) < 4.78 is 12.0. The number of hydrogen-bond acceptors (Lipinski definition) is 5. The fourth-order valence-electron chi connectivity index (χ4n) is 3.49. The van der Waals surface area contributed by atoms with Crippen LogP contribution in [0, 0.1) is 0 Å². The third-order valence-electron chi connectivity index (χ3n) is 4.89. The summed E-state index contributed by atoms with van der Waals surface area (Å²) in [4.78, 5) is 15.1. The lowest BCUT2D eigenvalue weighted by Crippen LogP contribution is -2.15. The van der Waals surface area contributed by atoms with E-state index in [4.69, 9.17) is 9.15 Å². The highest BCUT2D eigenvalue weighted by Crippen LogP contribution is 2.47. The smallest absolute Gasteiger partial charge is 0.344 e. The second kappa shape index (κ2) is 8.46. The van der Waals surface area contributed by atoms with Gasteiger partial charge < -0.3 is 9.15 Å². The molecule has 4 aromatic rings. The number of para-hydroxylation sites is 1. The maximum absolute atomic E-state index is 12.9. The lowest BCUT2D eigenvalue weighted by Gasteiger charge is -2.15. The zero-order valence-electron chi connectivity index (χ0n) is 15.9. The molecule has 0 fully saturated rings. The molecule has 1 aliphatic heterocycles. The van der Waals surface area contributed by atoms with Crippen molar-refractivity contribution in [3.63, 3.8) is 0 Å². The fourth-order valence-corrected chi connectivity index (χ4v) is 5.31. The van der Waals surface area contributed by atoms with E-state index in [-0.39, 0.29) is 17.0 Å². The fraction of sp³-hybridized carbons (Fsp3) is 0.0800. The van der Waals surface area contributed by atoms with Crippen LogP contribution >= 0.6 is 23.5 Å². The summed E-state index contributed by atoms with van der Waals surface area (Å²) in [7, 11) is 0. The summed E-state index contributed by atoms with van der Waals surface area (Å²) in [6, 6.07) is 27.8. The highest BCUT2D eigenvalue weighted by molar-refractivity contribution is 8.02. The molecule has 2 unspecified atom stereocenters. The minimum absolute atomic E-state index is 0.206. The number of fused-ring (bicyclic) bond motifs is 3. The van der Waals surface area contributed by atoms with Gasteiger partial charge in [0, 0.05) is 9.79 Å². The second-order valence-corrected chi connectivity index (χ2v) is 8.98. The van der Waals surface area contributed by atoms with E-state index in [9.17, 15) is 4.79 Å². The van der Waals surface area contributed by atoms with Crippen LogP contribution < -0.4 is 10.4 Å². The summed E-state index contributed by atoms with van der Waals surface area (Å²) in [5, 5.41) is 2.86. The number of thioether (sulfide) groups is 2. The topological polar surface area (TPSA) is 39.4 Å². The van der Waals surface area contributed by atoms with Gasteiger partial charge in [0.2, 0.25) is 0 Å². The number of hydrogen-bond donors (Lipinski definition) is 0. The number of ether oxygens (including phenoxy) is 1. The van der Waals surface area contributed by atoms with E-state index >= 15 is 0 Å². The molecule has 5 rings (SSSR count). The molecule has 0 N–H and O–H groups in total. The Kier molecular flexibility index (Phi) is 5.39. The zero-order valence-corrected chi connectivity index (χ0v) is 17.6. The van der Waals surface area contributed by atoms with E-state index in [1.54, 1.807) is 29.6 Å². The molecule has 3 aromatic carbocycles. The lowest BCUT2D eigenvalue weighted by atomic mass is 10.0. The minimum Gasteiger partial charge on any atom is -0.477 e. The van der Waals surface area contributed by atoms with Crippen LogP contribution in [0.25, 0.3) is 11.0 Å². The first-order chi connectivity index (χ1) is 14.8. The molecule has 0 spiro atoms. The largest absolute Gasteiger partial charge is 0.477 e. The molecule has 5 heteroatoms. The molecular weight excluding hydrogens is 412 g/mol. The van der Waals surface area contributed by atoms with Gasteiger partial charge in [-0.2, -0.15) is 0 Å². The summed E-state index contributed by atoms with van der Waals surface area (Å²) in [6.07, 6.45) is 2.05. The van der Waals surface area contributed by atoms with Gasteiger partial charge in [-0.05, 0) is 41.8 Å². The predicted octanol–water partition coefficient (Wildman–Crippen LogP) is 6.69. The van der Waals surface area contributed by atoms with Crippen LogP contribution in [-0.4, -0.2) is 5.44 Å². The van der Waals surface area contributed by atoms with Crippen molar-refractivity contribution in [3.05, 3.63) is 112 Å². The van der Waals surface area contributed by atoms with Crippen molar-refractivity contribution < 1.29 is 9.15 Å². The Bertz CT molecular complexity index is 1250. The van der Waals surface area contributed by atoms with Crippen LogP contribution in [0.5, 0.6) is 5.75 Å². The van der Waals surface area contributed by atoms with Gasteiger partial charge in [-0.1, -0.05) is 78.1 Å². The Hall–Kier alpha value is -2.89. The van der Waals surface area contributed by atoms with Gasteiger partial charge in [-0.3, -0.25) is 0 Å². The highest BCUT2D eigenvalue weighted by atomic mass is 32.2.